The lowest BCUT2D eigenvalue weighted by Gasteiger charge is -2.13. The van der Waals surface area contributed by atoms with E-state index < -0.39 is 15.6 Å². The standard InChI is InChI=1S/C28H26N2O2P2/c1-17-7-11-25-23(13-17)30-24-14-18(2)8-12-26(24)34(32)28-16-20(4)6-10-22(28)29-21-9-5-19(3)15-27(21)33(25)31/h5-16,29-30H,1-4H3/q+2. The topological polar surface area (TPSA) is 58.2 Å². The molecule has 1 aliphatic rings. The van der Waals surface area contributed by atoms with Crippen LogP contribution in [0.5, 0.6) is 0 Å². The maximum atomic E-state index is 14.0. The van der Waals surface area contributed by atoms with Crippen LogP contribution in [0.15, 0.2) is 72.8 Å². The fraction of sp³-hybridized carbons (Fsp3) is 0.143. The number of nitrogens with one attached hydrogen (secondary N) is 2. The van der Waals surface area contributed by atoms with Gasteiger partial charge in [-0.05, 0) is 98.5 Å². The normalized spacial score (nSPS) is 14.8. The molecule has 0 fully saturated rings. The molecular formula is C28H26N2O2P2+2. The molecule has 1 aliphatic heterocycles. The highest BCUT2D eigenvalue weighted by Crippen LogP contribution is 2.36. The monoisotopic (exact) mass is 484 g/mol. The van der Waals surface area contributed by atoms with Crippen LogP contribution in [0.2, 0.25) is 0 Å². The third-order valence-electron chi connectivity index (χ3n) is 6.02. The van der Waals surface area contributed by atoms with E-state index in [0.29, 0.717) is 0 Å². The predicted octanol–water partition coefficient (Wildman–Crippen LogP) is 6.28. The number of rotatable bonds is 0. The Morgan fingerprint density at radius 2 is 0.794 bits per heavy atom. The van der Waals surface area contributed by atoms with Crippen molar-refractivity contribution in [2.75, 3.05) is 10.6 Å². The van der Waals surface area contributed by atoms with Crippen molar-refractivity contribution in [3.8, 4) is 0 Å². The van der Waals surface area contributed by atoms with Crippen LogP contribution in [0, 0.1) is 27.7 Å². The van der Waals surface area contributed by atoms with E-state index in [1.807, 2.05) is 100 Å². The van der Waals surface area contributed by atoms with Gasteiger partial charge >= 0.3 is 15.6 Å². The van der Waals surface area contributed by atoms with Gasteiger partial charge in [-0.15, -0.1) is 0 Å². The van der Waals surface area contributed by atoms with Gasteiger partial charge in [0.2, 0.25) is 21.2 Å². The maximum Gasteiger partial charge on any atom is 0.419 e. The fourth-order valence-corrected chi connectivity index (χ4v) is 7.19. The van der Waals surface area contributed by atoms with Crippen molar-refractivity contribution >= 4 is 59.6 Å². The van der Waals surface area contributed by atoms with Crippen molar-refractivity contribution in [3.63, 3.8) is 0 Å². The molecule has 0 aromatic heterocycles. The van der Waals surface area contributed by atoms with Crippen molar-refractivity contribution in [1.82, 2.24) is 0 Å². The first kappa shape index (κ1) is 22.5. The molecule has 34 heavy (non-hydrogen) atoms. The molecule has 4 aromatic rings. The van der Waals surface area contributed by atoms with Crippen molar-refractivity contribution < 1.29 is 9.13 Å². The van der Waals surface area contributed by atoms with Crippen LogP contribution < -0.4 is 31.9 Å². The third-order valence-corrected chi connectivity index (χ3v) is 9.29. The summed E-state index contributed by atoms with van der Waals surface area (Å²) < 4.78 is 28.1. The molecule has 0 saturated carbocycles. The van der Waals surface area contributed by atoms with Gasteiger partial charge in [0, 0.05) is 0 Å². The third kappa shape index (κ3) is 4.16. The predicted molar refractivity (Wildman–Crippen MR) is 145 cm³/mol. The van der Waals surface area contributed by atoms with Crippen molar-refractivity contribution in [3.05, 3.63) is 95.1 Å². The zero-order valence-electron chi connectivity index (χ0n) is 19.6. The summed E-state index contributed by atoms with van der Waals surface area (Å²) in [4.78, 5) is 0. The molecule has 0 saturated heterocycles. The van der Waals surface area contributed by atoms with E-state index in [4.69, 9.17) is 0 Å². The number of aryl methyl sites for hydroxylation is 4. The molecule has 0 radical (unpaired) electrons. The Labute approximate surface area is 202 Å². The van der Waals surface area contributed by atoms with Gasteiger partial charge in [0.25, 0.3) is 0 Å². The molecule has 6 heteroatoms. The Balaban J connectivity index is 1.83. The molecule has 2 unspecified atom stereocenters. The van der Waals surface area contributed by atoms with Crippen LogP contribution in [0.3, 0.4) is 0 Å². The number of hydrogen-bond donors (Lipinski definition) is 2. The highest BCUT2D eigenvalue weighted by molar-refractivity contribution is 7.62. The first-order valence-corrected chi connectivity index (χ1v) is 13.7. The lowest BCUT2D eigenvalue weighted by molar-refractivity contribution is 0.597. The smallest absolute Gasteiger partial charge is 0.348 e. The first-order valence-electron chi connectivity index (χ1n) is 11.2. The molecule has 4 nitrogen and oxygen atoms in total. The zero-order chi connectivity index (χ0) is 24.0. The van der Waals surface area contributed by atoms with Gasteiger partial charge in [-0.3, -0.25) is 0 Å². The molecule has 0 aliphatic carbocycles. The van der Waals surface area contributed by atoms with E-state index in [1.165, 1.54) is 0 Å². The van der Waals surface area contributed by atoms with E-state index >= 15 is 0 Å². The van der Waals surface area contributed by atoms with Crippen LogP contribution in [0.4, 0.5) is 22.7 Å². The van der Waals surface area contributed by atoms with Crippen LogP contribution >= 0.6 is 15.6 Å². The van der Waals surface area contributed by atoms with Crippen LogP contribution in [-0.4, -0.2) is 0 Å². The second-order valence-corrected chi connectivity index (χ2v) is 12.0. The number of fused-ring (bicyclic) bond motifs is 4. The number of hydrogen-bond acceptors (Lipinski definition) is 4. The van der Waals surface area contributed by atoms with Gasteiger partial charge in [-0.2, -0.15) is 0 Å². The Kier molecular flexibility index (Phi) is 5.81. The minimum atomic E-state index is -1.90. The number of anilines is 4. The van der Waals surface area contributed by atoms with Gasteiger partial charge in [0.05, 0.1) is 22.7 Å². The summed E-state index contributed by atoms with van der Waals surface area (Å²) in [5.41, 5.74) is 7.26. The molecule has 2 atom stereocenters. The minimum Gasteiger partial charge on any atom is -0.348 e. The van der Waals surface area contributed by atoms with Gasteiger partial charge in [-0.25, -0.2) is 0 Å². The maximum absolute atomic E-state index is 14.0. The summed E-state index contributed by atoms with van der Waals surface area (Å²) in [6, 6.07) is 23.7. The largest absolute Gasteiger partial charge is 0.419 e. The van der Waals surface area contributed by atoms with E-state index in [1.54, 1.807) is 0 Å². The summed E-state index contributed by atoms with van der Waals surface area (Å²) in [6.07, 6.45) is 0. The van der Waals surface area contributed by atoms with Gasteiger partial charge < -0.3 is 10.6 Å². The Morgan fingerprint density at radius 3 is 1.24 bits per heavy atom. The van der Waals surface area contributed by atoms with Crippen LogP contribution in [0.25, 0.3) is 0 Å². The zero-order valence-corrected chi connectivity index (χ0v) is 21.4. The van der Waals surface area contributed by atoms with Crippen molar-refractivity contribution in [2.24, 2.45) is 0 Å². The van der Waals surface area contributed by atoms with E-state index in [9.17, 15) is 9.13 Å². The van der Waals surface area contributed by atoms with Crippen LogP contribution in [-0.2, 0) is 9.13 Å². The Bertz CT molecular complexity index is 1380. The second-order valence-electron chi connectivity index (χ2n) is 8.92. The highest BCUT2D eigenvalue weighted by Gasteiger charge is 2.36. The molecule has 5 rings (SSSR count). The summed E-state index contributed by atoms with van der Waals surface area (Å²) in [5.74, 6) is 0. The molecular weight excluding hydrogens is 458 g/mol. The molecule has 0 amide bonds. The molecule has 4 aromatic carbocycles. The van der Waals surface area contributed by atoms with Crippen LogP contribution in [0.1, 0.15) is 22.3 Å². The van der Waals surface area contributed by atoms with Gasteiger partial charge in [0.15, 0.2) is 0 Å². The molecule has 0 spiro atoms. The fourth-order valence-electron chi connectivity index (χ4n) is 4.23. The molecule has 0 bridgehead atoms. The van der Waals surface area contributed by atoms with E-state index in [2.05, 4.69) is 10.6 Å². The first-order chi connectivity index (χ1) is 16.3. The number of benzene rings is 4. The lowest BCUT2D eigenvalue weighted by Crippen LogP contribution is -2.20. The average molecular weight is 484 g/mol. The van der Waals surface area contributed by atoms with Gasteiger partial charge in [-0.1, -0.05) is 33.4 Å². The molecule has 1 heterocycles. The average Bonchev–Trinajstić information content (AvgIpc) is 2.80. The minimum absolute atomic E-state index is 0.724. The summed E-state index contributed by atoms with van der Waals surface area (Å²) >= 11 is 0. The molecule has 2 N–H and O–H groups in total. The summed E-state index contributed by atoms with van der Waals surface area (Å²) in [7, 11) is -3.79. The van der Waals surface area contributed by atoms with Gasteiger partial charge in [0.1, 0.15) is 0 Å². The van der Waals surface area contributed by atoms with Crippen molar-refractivity contribution in [2.45, 2.75) is 27.7 Å². The second kappa shape index (κ2) is 8.80. The SMILES string of the molecule is Cc1ccc2c(c1)Nc1cc(C)ccc1[P+](=O)c1cc(C)ccc1Nc1ccc(C)cc1[P+]2=O. The summed E-state index contributed by atoms with van der Waals surface area (Å²) in [6.45, 7) is 8.03. The Morgan fingerprint density at radius 1 is 0.441 bits per heavy atom. The van der Waals surface area contributed by atoms with E-state index in [0.717, 1.165) is 66.2 Å². The lowest BCUT2D eigenvalue weighted by atomic mass is 10.2. The summed E-state index contributed by atoms with van der Waals surface area (Å²) in [5, 5.41) is 9.88. The molecule has 168 valence electrons. The highest BCUT2D eigenvalue weighted by atomic mass is 31.1. The van der Waals surface area contributed by atoms with E-state index in [-0.39, 0.29) is 0 Å². The Hall–Kier alpha value is -3.32. The quantitative estimate of drug-likeness (QED) is 0.254. The van der Waals surface area contributed by atoms with Crippen molar-refractivity contribution in [1.29, 1.82) is 0 Å².